The topological polar surface area (TPSA) is 124 Å². The van der Waals surface area contributed by atoms with Crippen LogP contribution in [0.3, 0.4) is 0 Å². The predicted molar refractivity (Wildman–Crippen MR) is 81.7 cm³/mol. The zero-order valence-electron chi connectivity index (χ0n) is 12.6. The second kappa shape index (κ2) is 6.38. The summed E-state index contributed by atoms with van der Waals surface area (Å²) in [5.74, 6) is 0. The Kier molecular flexibility index (Phi) is 5.07. The van der Waals surface area contributed by atoms with Crippen LogP contribution in [0.4, 0.5) is 22.7 Å². The first kappa shape index (κ1) is 16.7. The fourth-order valence-corrected chi connectivity index (χ4v) is 2.22. The molecule has 0 aliphatic heterocycles. The van der Waals surface area contributed by atoms with Crippen LogP contribution in [0, 0.1) is 27.2 Å². The molecule has 1 aromatic rings. The van der Waals surface area contributed by atoms with Gasteiger partial charge in [0, 0.05) is 11.6 Å². The number of hydrogen-bond donors (Lipinski definition) is 2. The van der Waals surface area contributed by atoms with Crippen molar-refractivity contribution in [1.29, 1.82) is 0 Å². The van der Waals surface area contributed by atoms with Crippen LogP contribution in [0.25, 0.3) is 0 Å². The normalized spacial score (nSPS) is 12.0. The number of nitrogens with one attached hydrogen (secondary N) is 1. The Morgan fingerprint density at radius 1 is 1.19 bits per heavy atom. The standard InChI is InChI=1S/C13H20N4O4/c1-5-7(3)15-11-12(16(18)19)9(6-2)8(4)10(14)13(11)17(20)21/h7,15H,5-6,14H2,1-4H3. The quantitative estimate of drug-likeness (QED) is 0.472. The lowest BCUT2D eigenvalue weighted by Gasteiger charge is -2.17. The van der Waals surface area contributed by atoms with Crippen LogP contribution in [0.15, 0.2) is 0 Å². The van der Waals surface area contributed by atoms with E-state index < -0.39 is 15.5 Å². The monoisotopic (exact) mass is 296 g/mol. The largest absolute Gasteiger partial charge is 0.393 e. The van der Waals surface area contributed by atoms with Crippen molar-refractivity contribution in [1.82, 2.24) is 0 Å². The van der Waals surface area contributed by atoms with Gasteiger partial charge in [-0.05, 0) is 32.3 Å². The van der Waals surface area contributed by atoms with Gasteiger partial charge in [0.05, 0.1) is 9.85 Å². The summed E-state index contributed by atoms with van der Waals surface area (Å²) in [5.41, 5.74) is 5.87. The summed E-state index contributed by atoms with van der Waals surface area (Å²) < 4.78 is 0. The number of nitro groups is 2. The first-order valence-corrected chi connectivity index (χ1v) is 6.76. The predicted octanol–water partition coefficient (Wildman–Crippen LogP) is 3.17. The van der Waals surface area contributed by atoms with Gasteiger partial charge in [-0.25, -0.2) is 0 Å². The molecule has 0 amide bonds. The van der Waals surface area contributed by atoms with Crippen LogP contribution in [0.1, 0.15) is 38.3 Å². The summed E-state index contributed by atoms with van der Waals surface area (Å²) in [4.78, 5) is 21.5. The van der Waals surface area contributed by atoms with Crippen LogP contribution >= 0.6 is 0 Å². The highest BCUT2D eigenvalue weighted by Gasteiger charge is 2.34. The molecule has 3 N–H and O–H groups in total. The second-order valence-electron chi connectivity index (χ2n) is 4.91. The molecule has 8 nitrogen and oxygen atoms in total. The highest BCUT2D eigenvalue weighted by Crippen LogP contribution is 2.44. The van der Waals surface area contributed by atoms with Crippen molar-refractivity contribution < 1.29 is 9.85 Å². The molecule has 1 rings (SSSR count). The van der Waals surface area contributed by atoms with E-state index in [2.05, 4.69) is 5.32 Å². The third kappa shape index (κ3) is 3.04. The van der Waals surface area contributed by atoms with E-state index in [0.29, 0.717) is 24.0 Å². The van der Waals surface area contributed by atoms with Gasteiger partial charge < -0.3 is 11.1 Å². The number of nitrogens with two attached hydrogens (primary N) is 1. The minimum absolute atomic E-state index is 0.0201. The number of nitrogen functional groups attached to an aromatic ring is 1. The summed E-state index contributed by atoms with van der Waals surface area (Å²) in [7, 11) is 0. The number of hydrogen-bond acceptors (Lipinski definition) is 6. The fourth-order valence-electron chi connectivity index (χ4n) is 2.22. The molecular formula is C13H20N4O4. The highest BCUT2D eigenvalue weighted by atomic mass is 16.6. The van der Waals surface area contributed by atoms with Crippen molar-refractivity contribution in [3.8, 4) is 0 Å². The molecule has 0 aromatic heterocycles. The van der Waals surface area contributed by atoms with Gasteiger partial charge in [0.15, 0.2) is 5.69 Å². The van der Waals surface area contributed by atoms with Crippen LogP contribution in [-0.4, -0.2) is 15.9 Å². The van der Waals surface area contributed by atoms with Crippen LogP contribution in [-0.2, 0) is 6.42 Å². The summed E-state index contributed by atoms with van der Waals surface area (Å²) in [6, 6.07) is -0.144. The van der Waals surface area contributed by atoms with Crippen LogP contribution in [0.5, 0.6) is 0 Å². The molecule has 1 aromatic carbocycles. The molecule has 0 fully saturated rings. The molecule has 21 heavy (non-hydrogen) atoms. The van der Waals surface area contributed by atoms with E-state index in [1.165, 1.54) is 0 Å². The van der Waals surface area contributed by atoms with Crippen molar-refractivity contribution >= 4 is 22.7 Å². The summed E-state index contributed by atoms with van der Waals surface area (Å²) in [6.07, 6.45) is 1.04. The zero-order valence-corrected chi connectivity index (χ0v) is 12.6. The maximum Gasteiger partial charge on any atom is 0.322 e. The molecule has 0 aliphatic rings. The number of nitro benzene ring substituents is 2. The van der Waals surface area contributed by atoms with Crippen molar-refractivity contribution in [2.75, 3.05) is 11.1 Å². The Morgan fingerprint density at radius 3 is 2.10 bits per heavy atom. The smallest absolute Gasteiger partial charge is 0.322 e. The van der Waals surface area contributed by atoms with Crippen molar-refractivity contribution in [3.63, 3.8) is 0 Å². The molecule has 0 saturated carbocycles. The molecule has 0 spiro atoms. The van der Waals surface area contributed by atoms with E-state index in [4.69, 9.17) is 5.73 Å². The highest BCUT2D eigenvalue weighted by molar-refractivity contribution is 5.87. The number of nitrogens with zero attached hydrogens (tertiary/aromatic N) is 2. The average molecular weight is 296 g/mol. The molecule has 116 valence electrons. The minimum atomic E-state index is -0.667. The Hall–Kier alpha value is -2.38. The van der Waals surface area contributed by atoms with E-state index in [1.807, 2.05) is 6.92 Å². The van der Waals surface area contributed by atoms with Gasteiger partial charge in [0.25, 0.3) is 0 Å². The lowest BCUT2D eigenvalue weighted by atomic mass is 9.98. The lowest BCUT2D eigenvalue weighted by molar-refractivity contribution is -0.392. The van der Waals surface area contributed by atoms with Crippen LogP contribution in [0.2, 0.25) is 0 Å². The van der Waals surface area contributed by atoms with E-state index >= 15 is 0 Å². The molecule has 0 bridgehead atoms. The van der Waals surface area contributed by atoms with Gasteiger partial charge in [-0.15, -0.1) is 0 Å². The number of benzene rings is 1. The minimum Gasteiger partial charge on any atom is -0.393 e. The maximum atomic E-state index is 11.4. The lowest BCUT2D eigenvalue weighted by Crippen LogP contribution is -2.18. The Balaban J connectivity index is 3.79. The average Bonchev–Trinajstić information content (AvgIpc) is 2.41. The Morgan fingerprint density at radius 2 is 1.71 bits per heavy atom. The molecule has 8 heteroatoms. The van der Waals surface area contributed by atoms with Crippen molar-refractivity contribution in [2.45, 2.75) is 46.6 Å². The summed E-state index contributed by atoms with van der Waals surface area (Å²) >= 11 is 0. The molecule has 0 aliphatic carbocycles. The summed E-state index contributed by atoms with van der Waals surface area (Å²) in [6.45, 7) is 7.01. The number of rotatable bonds is 6. The van der Waals surface area contributed by atoms with Gasteiger partial charge >= 0.3 is 11.4 Å². The SMILES string of the molecule is CCc1c(C)c(N)c([N+](=O)[O-])c(NC(C)CC)c1[N+](=O)[O-]. The molecule has 0 saturated heterocycles. The molecule has 1 unspecified atom stereocenters. The third-order valence-electron chi connectivity index (χ3n) is 3.59. The van der Waals surface area contributed by atoms with E-state index in [0.717, 1.165) is 0 Å². The third-order valence-corrected chi connectivity index (χ3v) is 3.59. The van der Waals surface area contributed by atoms with Gasteiger partial charge in [-0.2, -0.15) is 0 Å². The van der Waals surface area contributed by atoms with Gasteiger partial charge in [-0.3, -0.25) is 20.2 Å². The van der Waals surface area contributed by atoms with Gasteiger partial charge in [0.2, 0.25) is 0 Å². The Bertz CT molecular complexity index is 586. The van der Waals surface area contributed by atoms with E-state index in [9.17, 15) is 20.2 Å². The zero-order chi connectivity index (χ0) is 16.3. The molecule has 0 radical (unpaired) electrons. The molecule has 1 atom stereocenters. The van der Waals surface area contributed by atoms with E-state index in [1.54, 1.807) is 20.8 Å². The molecular weight excluding hydrogens is 276 g/mol. The fraction of sp³-hybridized carbons (Fsp3) is 0.538. The second-order valence-corrected chi connectivity index (χ2v) is 4.91. The summed E-state index contributed by atoms with van der Waals surface area (Å²) in [5, 5.41) is 25.6. The first-order chi connectivity index (χ1) is 9.76. The van der Waals surface area contributed by atoms with Gasteiger partial charge in [-0.1, -0.05) is 13.8 Å². The van der Waals surface area contributed by atoms with Gasteiger partial charge in [0.1, 0.15) is 5.69 Å². The van der Waals surface area contributed by atoms with Crippen LogP contribution < -0.4 is 11.1 Å². The number of anilines is 2. The Labute approximate surface area is 122 Å². The van der Waals surface area contributed by atoms with E-state index in [-0.39, 0.29) is 23.1 Å². The first-order valence-electron chi connectivity index (χ1n) is 6.76. The van der Waals surface area contributed by atoms with Crippen molar-refractivity contribution in [3.05, 3.63) is 31.4 Å². The maximum absolute atomic E-state index is 11.4. The molecule has 0 heterocycles. The van der Waals surface area contributed by atoms with Crippen molar-refractivity contribution in [2.24, 2.45) is 0 Å².